The minimum absolute atomic E-state index is 0.00137. The molecule has 8 nitrogen and oxygen atoms in total. The van der Waals surface area contributed by atoms with E-state index in [1.807, 2.05) is 27.2 Å². The number of nitrogens with one attached hydrogen (secondary N) is 1. The summed E-state index contributed by atoms with van der Waals surface area (Å²) in [6.07, 6.45) is 53.9. The van der Waals surface area contributed by atoms with Crippen LogP contribution in [0.25, 0.3) is 0 Å². The zero-order chi connectivity index (χ0) is 45.0. The summed E-state index contributed by atoms with van der Waals surface area (Å²) in [5, 5.41) is 13.8. The number of amides is 1. The van der Waals surface area contributed by atoms with Crippen LogP contribution in [-0.4, -0.2) is 68.5 Å². The first kappa shape index (κ1) is 60.0. The van der Waals surface area contributed by atoms with Crippen molar-refractivity contribution in [3.63, 3.8) is 0 Å². The molecule has 3 atom stereocenters. The Labute approximate surface area is 379 Å². The molecule has 61 heavy (non-hydrogen) atoms. The molecule has 0 rings (SSSR count). The van der Waals surface area contributed by atoms with Crippen LogP contribution >= 0.6 is 7.82 Å². The molecule has 362 valence electrons. The number of quaternary nitrogens is 1. The van der Waals surface area contributed by atoms with E-state index < -0.39 is 20.0 Å². The number of unbranched alkanes of at least 4 members (excludes halogenated alkanes) is 33. The number of aliphatic hydroxyl groups excluding tert-OH is 1. The van der Waals surface area contributed by atoms with Gasteiger partial charge in [0.1, 0.15) is 13.2 Å². The van der Waals surface area contributed by atoms with E-state index in [-0.39, 0.29) is 19.1 Å². The molecule has 3 unspecified atom stereocenters. The second-order valence-corrected chi connectivity index (χ2v) is 20.6. The van der Waals surface area contributed by atoms with Crippen molar-refractivity contribution in [2.45, 2.75) is 264 Å². The second-order valence-electron chi connectivity index (χ2n) is 19.2. The Kier molecular flexibility index (Phi) is 43.5. The predicted molar refractivity (Wildman–Crippen MR) is 261 cm³/mol. The molecular formula is C52H103N2O6P. The lowest BCUT2D eigenvalue weighted by Crippen LogP contribution is -2.45. The largest absolute Gasteiger partial charge is 0.756 e. The fourth-order valence-corrected chi connectivity index (χ4v) is 8.46. The summed E-state index contributed by atoms with van der Waals surface area (Å²) in [5.74, 6) is -0.206. The molecule has 0 aliphatic carbocycles. The van der Waals surface area contributed by atoms with Gasteiger partial charge < -0.3 is 28.8 Å². The maximum Gasteiger partial charge on any atom is 0.268 e. The molecule has 0 saturated carbocycles. The van der Waals surface area contributed by atoms with Crippen LogP contribution in [0.15, 0.2) is 24.3 Å². The van der Waals surface area contributed by atoms with Crippen LogP contribution < -0.4 is 10.2 Å². The molecule has 0 fully saturated rings. The van der Waals surface area contributed by atoms with Gasteiger partial charge in [-0.1, -0.05) is 224 Å². The summed E-state index contributed by atoms with van der Waals surface area (Å²) in [7, 11) is 1.26. The minimum atomic E-state index is -4.59. The monoisotopic (exact) mass is 883 g/mol. The molecule has 0 aromatic rings. The molecule has 0 radical (unpaired) electrons. The Bertz CT molecular complexity index is 1050. The summed E-state index contributed by atoms with van der Waals surface area (Å²) >= 11 is 0. The van der Waals surface area contributed by atoms with E-state index in [1.165, 1.54) is 180 Å². The van der Waals surface area contributed by atoms with Crippen molar-refractivity contribution in [3.8, 4) is 0 Å². The minimum Gasteiger partial charge on any atom is -0.756 e. The Morgan fingerprint density at radius 1 is 0.557 bits per heavy atom. The molecule has 0 aliphatic rings. The number of allylic oxidation sites excluding steroid dienone is 3. The van der Waals surface area contributed by atoms with E-state index in [0.29, 0.717) is 17.4 Å². The number of hydrogen-bond acceptors (Lipinski definition) is 6. The molecule has 0 saturated heterocycles. The molecule has 0 aromatic heterocycles. The molecule has 0 heterocycles. The molecule has 0 spiro atoms. The highest BCUT2D eigenvalue weighted by Crippen LogP contribution is 2.38. The van der Waals surface area contributed by atoms with E-state index in [1.54, 1.807) is 6.08 Å². The van der Waals surface area contributed by atoms with Gasteiger partial charge in [-0.25, -0.2) is 0 Å². The number of phosphoric ester groups is 1. The van der Waals surface area contributed by atoms with Crippen molar-refractivity contribution in [1.82, 2.24) is 5.32 Å². The Balaban J connectivity index is 4.15. The van der Waals surface area contributed by atoms with Crippen LogP contribution in [0.3, 0.4) is 0 Å². The highest BCUT2D eigenvalue weighted by Gasteiger charge is 2.23. The third-order valence-corrected chi connectivity index (χ3v) is 12.9. The Morgan fingerprint density at radius 3 is 1.31 bits per heavy atom. The van der Waals surface area contributed by atoms with Crippen molar-refractivity contribution in [2.75, 3.05) is 40.9 Å². The maximum atomic E-state index is 12.9. The van der Waals surface area contributed by atoms with Crippen molar-refractivity contribution in [1.29, 1.82) is 0 Å². The van der Waals surface area contributed by atoms with E-state index in [9.17, 15) is 19.4 Å². The maximum absolute atomic E-state index is 12.9. The van der Waals surface area contributed by atoms with Crippen molar-refractivity contribution in [3.05, 3.63) is 24.3 Å². The topological polar surface area (TPSA) is 108 Å². The summed E-state index contributed by atoms with van der Waals surface area (Å²) in [5.41, 5.74) is 0. The van der Waals surface area contributed by atoms with E-state index in [4.69, 9.17) is 9.05 Å². The Hall–Kier alpha value is -1.02. The van der Waals surface area contributed by atoms with E-state index >= 15 is 0 Å². The third-order valence-electron chi connectivity index (χ3n) is 11.9. The summed E-state index contributed by atoms with van der Waals surface area (Å²) < 4.78 is 23.2. The van der Waals surface area contributed by atoms with Crippen molar-refractivity contribution >= 4 is 13.7 Å². The van der Waals surface area contributed by atoms with Gasteiger partial charge in [0.25, 0.3) is 7.82 Å². The van der Waals surface area contributed by atoms with E-state index in [2.05, 4.69) is 31.3 Å². The normalized spacial score (nSPS) is 14.3. The van der Waals surface area contributed by atoms with Gasteiger partial charge in [-0.3, -0.25) is 9.36 Å². The number of carbonyl (C=O) groups is 1. The van der Waals surface area contributed by atoms with Gasteiger partial charge in [0.2, 0.25) is 5.91 Å². The van der Waals surface area contributed by atoms with Crippen LogP contribution in [-0.2, 0) is 18.4 Å². The fraction of sp³-hybridized carbons (Fsp3) is 0.904. The first-order valence-electron chi connectivity index (χ1n) is 26.2. The number of nitrogens with zero attached hydrogens (tertiary/aromatic N) is 1. The second kappa shape index (κ2) is 44.2. The SMILES string of the molecule is CCCCC/C=C\CCCCCCCC(=O)NC(COP(=O)([O-])OCC[N+](C)(C)C)C(O)/C=C/CCCCCCCCCCCCCCCCCCCCCCCCCCC. The number of hydrogen-bond donors (Lipinski definition) is 2. The van der Waals surface area contributed by atoms with Gasteiger partial charge in [0.05, 0.1) is 39.9 Å². The molecule has 1 amide bonds. The number of rotatable bonds is 48. The van der Waals surface area contributed by atoms with Gasteiger partial charge in [0.15, 0.2) is 0 Å². The van der Waals surface area contributed by atoms with E-state index in [0.717, 1.165) is 51.4 Å². The van der Waals surface area contributed by atoms with Crippen LogP contribution in [0.5, 0.6) is 0 Å². The van der Waals surface area contributed by atoms with Gasteiger partial charge in [-0.15, -0.1) is 0 Å². The summed E-state index contributed by atoms with van der Waals surface area (Å²) in [4.78, 5) is 25.3. The lowest BCUT2D eigenvalue weighted by Gasteiger charge is -2.29. The molecule has 0 aromatic carbocycles. The predicted octanol–water partition coefficient (Wildman–Crippen LogP) is 14.6. The van der Waals surface area contributed by atoms with Crippen LogP contribution in [0.2, 0.25) is 0 Å². The molecular weight excluding hydrogens is 780 g/mol. The number of aliphatic hydroxyl groups is 1. The van der Waals surface area contributed by atoms with Gasteiger partial charge in [0, 0.05) is 6.42 Å². The Morgan fingerprint density at radius 2 is 0.902 bits per heavy atom. The zero-order valence-corrected chi connectivity index (χ0v) is 42.0. The highest BCUT2D eigenvalue weighted by atomic mass is 31.2. The summed E-state index contributed by atoms with van der Waals surface area (Å²) in [6, 6.07) is -0.888. The van der Waals surface area contributed by atoms with Gasteiger partial charge in [-0.05, 0) is 44.9 Å². The zero-order valence-electron chi connectivity index (χ0n) is 41.1. The lowest BCUT2D eigenvalue weighted by molar-refractivity contribution is -0.870. The van der Waals surface area contributed by atoms with Gasteiger partial charge in [-0.2, -0.15) is 0 Å². The quantitative estimate of drug-likeness (QED) is 0.0273. The first-order chi connectivity index (χ1) is 29.5. The lowest BCUT2D eigenvalue weighted by atomic mass is 10.0. The highest BCUT2D eigenvalue weighted by molar-refractivity contribution is 7.45. The van der Waals surface area contributed by atoms with Crippen LogP contribution in [0, 0.1) is 0 Å². The third kappa shape index (κ3) is 46.8. The smallest absolute Gasteiger partial charge is 0.268 e. The molecule has 2 N–H and O–H groups in total. The fourth-order valence-electron chi connectivity index (χ4n) is 7.74. The standard InChI is InChI=1S/C52H103N2O6P/c1-6-8-10-12-14-16-18-20-21-22-23-24-25-26-27-28-29-30-31-32-33-34-35-37-39-41-43-45-51(55)50(49-60-61(57,58)59-48-47-54(3,4)5)53-52(56)46-44-42-40-38-36-19-17-15-13-11-9-7-2/h15,17,43,45,50-51,55H,6-14,16,18-42,44,46-49H2,1-5H3,(H-,53,56,57,58)/b17-15-,45-43+. The van der Waals surface area contributed by atoms with Crippen molar-refractivity contribution < 1.29 is 32.9 Å². The molecule has 9 heteroatoms. The van der Waals surface area contributed by atoms with Crippen molar-refractivity contribution in [2.24, 2.45) is 0 Å². The molecule has 0 bridgehead atoms. The van der Waals surface area contributed by atoms with Gasteiger partial charge >= 0.3 is 0 Å². The summed E-state index contributed by atoms with van der Waals surface area (Å²) in [6.45, 7) is 4.63. The first-order valence-corrected chi connectivity index (χ1v) is 27.7. The average Bonchev–Trinajstić information content (AvgIpc) is 3.21. The average molecular weight is 883 g/mol. The number of likely N-dealkylation sites (N-methyl/N-ethyl adjacent to an activating group) is 1. The molecule has 0 aliphatic heterocycles. The number of phosphoric acid groups is 1. The van der Waals surface area contributed by atoms with Crippen LogP contribution in [0.4, 0.5) is 0 Å². The van der Waals surface area contributed by atoms with Crippen LogP contribution in [0.1, 0.15) is 251 Å². The number of carbonyl (C=O) groups excluding carboxylic acids is 1.